The maximum Gasteiger partial charge on any atom is 0.453 e. The fraction of sp³-hybridized carbons (Fsp3) is 0.200. The first-order chi connectivity index (χ1) is 11.8. The molecule has 0 amide bonds. The van der Waals surface area contributed by atoms with Crippen molar-refractivity contribution in [2.45, 2.75) is 20.0 Å². The Kier molecular flexibility index (Phi) is 3.17. The van der Waals surface area contributed by atoms with Gasteiger partial charge in [0.1, 0.15) is 0 Å². The molecule has 0 aliphatic heterocycles. The van der Waals surface area contributed by atoms with Gasteiger partial charge in [-0.3, -0.25) is 5.10 Å². The van der Waals surface area contributed by atoms with Crippen molar-refractivity contribution in [1.82, 2.24) is 30.0 Å². The van der Waals surface area contributed by atoms with Crippen LogP contribution in [-0.2, 0) is 6.18 Å². The summed E-state index contributed by atoms with van der Waals surface area (Å²) < 4.78 is 40.0. The highest BCUT2D eigenvalue weighted by Crippen LogP contribution is 2.30. The Morgan fingerprint density at radius 2 is 1.92 bits per heavy atom. The van der Waals surface area contributed by atoms with E-state index in [4.69, 9.17) is 0 Å². The molecule has 0 bridgehead atoms. The van der Waals surface area contributed by atoms with Crippen LogP contribution in [0.3, 0.4) is 0 Å². The number of fused-ring (bicyclic) bond motifs is 2. The summed E-state index contributed by atoms with van der Waals surface area (Å²) in [5.41, 5.74) is 2.90. The van der Waals surface area contributed by atoms with E-state index in [0.29, 0.717) is 22.6 Å². The summed E-state index contributed by atoms with van der Waals surface area (Å²) in [4.78, 5) is 0. The Morgan fingerprint density at radius 1 is 1.12 bits per heavy atom. The second kappa shape index (κ2) is 5.16. The quantitative estimate of drug-likeness (QED) is 0.581. The molecule has 2 N–H and O–H groups in total. The highest BCUT2D eigenvalue weighted by atomic mass is 19.4. The molecule has 0 fully saturated rings. The van der Waals surface area contributed by atoms with E-state index in [-0.39, 0.29) is 5.65 Å². The van der Waals surface area contributed by atoms with E-state index in [0.717, 1.165) is 15.4 Å². The van der Waals surface area contributed by atoms with Gasteiger partial charge in [-0.15, -0.1) is 15.3 Å². The number of hydrogen-bond donors (Lipinski definition) is 2. The van der Waals surface area contributed by atoms with Crippen LogP contribution in [0.15, 0.2) is 24.4 Å². The van der Waals surface area contributed by atoms with Gasteiger partial charge in [-0.05, 0) is 32.0 Å². The van der Waals surface area contributed by atoms with Crippen LogP contribution in [0.2, 0.25) is 0 Å². The van der Waals surface area contributed by atoms with Gasteiger partial charge in [0, 0.05) is 22.2 Å². The maximum absolute atomic E-state index is 13.1. The lowest BCUT2D eigenvalue weighted by Gasteiger charge is -2.12. The molecule has 0 aliphatic rings. The Balaban J connectivity index is 1.84. The molecule has 7 nitrogen and oxygen atoms in total. The number of halogens is 3. The number of nitrogens with one attached hydrogen (secondary N) is 2. The summed E-state index contributed by atoms with van der Waals surface area (Å²) in [6, 6.07) is 5.44. The van der Waals surface area contributed by atoms with E-state index in [1.165, 1.54) is 0 Å². The van der Waals surface area contributed by atoms with Crippen molar-refractivity contribution in [2.75, 3.05) is 5.32 Å². The van der Waals surface area contributed by atoms with Crippen LogP contribution in [0.4, 0.5) is 24.7 Å². The number of anilines is 2. The van der Waals surface area contributed by atoms with Gasteiger partial charge in [0.25, 0.3) is 5.82 Å². The van der Waals surface area contributed by atoms with Crippen LogP contribution in [-0.4, -0.2) is 30.0 Å². The molecule has 4 aromatic rings. The van der Waals surface area contributed by atoms with E-state index in [9.17, 15) is 13.2 Å². The Labute approximate surface area is 138 Å². The molecule has 3 aromatic heterocycles. The van der Waals surface area contributed by atoms with Crippen molar-refractivity contribution in [1.29, 1.82) is 0 Å². The van der Waals surface area contributed by atoms with E-state index in [2.05, 4.69) is 30.8 Å². The molecule has 0 unspecified atom stereocenters. The molecule has 0 atom stereocenters. The van der Waals surface area contributed by atoms with E-state index in [1.54, 1.807) is 26.1 Å². The average molecular weight is 347 g/mol. The molecule has 0 saturated heterocycles. The number of rotatable bonds is 2. The largest absolute Gasteiger partial charge is 0.453 e. The molecule has 0 spiro atoms. The third-order valence-corrected chi connectivity index (χ3v) is 4.05. The minimum atomic E-state index is -4.64. The second-order valence-corrected chi connectivity index (χ2v) is 5.65. The fourth-order valence-electron chi connectivity index (χ4n) is 2.58. The number of nitrogens with zero attached hydrogens (tertiary/aromatic N) is 5. The van der Waals surface area contributed by atoms with Crippen LogP contribution in [0.5, 0.6) is 0 Å². The number of aromatic nitrogens is 6. The normalized spacial score (nSPS) is 12.2. The minimum absolute atomic E-state index is 0.0839. The average Bonchev–Trinajstić information content (AvgIpc) is 3.17. The standard InChI is InChI=1S/C15H12F3N7/c1-7-8(2)13-22-23-14(15(16,17)18)25(13)24-12(7)20-10-3-4-11-9(5-10)6-19-21-11/h3-6H,1-2H3,(H,19,21)(H,20,24). The Hall–Kier alpha value is -3.17. The lowest BCUT2D eigenvalue weighted by atomic mass is 10.1. The van der Waals surface area contributed by atoms with Gasteiger partial charge < -0.3 is 5.32 Å². The monoisotopic (exact) mass is 347 g/mol. The van der Waals surface area contributed by atoms with Crippen LogP contribution in [0.25, 0.3) is 16.6 Å². The molecule has 0 aliphatic carbocycles. The van der Waals surface area contributed by atoms with Crippen molar-refractivity contribution in [3.05, 3.63) is 41.3 Å². The Bertz CT molecular complexity index is 1090. The van der Waals surface area contributed by atoms with Gasteiger partial charge in [-0.1, -0.05) is 0 Å². The number of aryl methyl sites for hydroxylation is 1. The molecule has 3 heterocycles. The maximum atomic E-state index is 13.1. The highest BCUT2D eigenvalue weighted by Gasteiger charge is 2.38. The van der Waals surface area contributed by atoms with Crippen LogP contribution in [0.1, 0.15) is 17.0 Å². The zero-order valence-corrected chi connectivity index (χ0v) is 13.2. The van der Waals surface area contributed by atoms with Gasteiger partial charge >= 0.3 is 6.18 Å². The number of benzene rings is 1. The van der Waals surface area contributed by atoms with Crippen LogP contribution < -0.4 is 5.32 Å². The van der Waals surface area contributed by atoms with E-state index in [1.807, 2.05) is 12.1 Å². The molecule has 4 rings (SSSR count). The van der Waals surface area contributed by atoms with Gasteiger partial charge in [-0.2, -0.15) is 22.8 Å². The predicted molar refractivity (Wildman–Crippen MR) is 84.6 cm³/mol. The molecule has 25 heavy (non-hydrogen) atoms. The van der Waals surface area contributed by atoms with Crippen molar-refractivity contribution >= 4 is 28.1 Å². The number of aromatic amines is 1. The Morgan fingerprint density at radius 3 is 2.68 bits per heavy atom. The molecule has 1 aromatic carbocycles. The summed E-state index contributed by atoms with van der Waals surface area (Å²) in [5.74, 6) is -0.850. The topological polar surface area (TPSA) is 83.8 Å². The van der Waals surface area contributed by atoms with Crippen molar-refractivity contribution < 1.29 is 13.2 Å². The molecular formula is C15H12F3N7. The predicted octanol–water partition coefficient (Wildman–Crippen LogP) is 3.38. The van der Waals surface area contributed by atoms with Crippen molar-refractivity contribution in [3.63, 3.8) is 0 Å². The molecule has 10 heteroatoms. The second-order valence-electron chi connectivity index (χ2n) is 5.65. The SMILES string of the molecule is Cc1c(Nc2ccc3[nH]ncc3c2)nn2c(C(F)(F)F)nnc2c1C. The zero-order valence-electron chi connectivity index (χ0n) is 13.2. The van der Waals surface area contributed by atoms with Crippen molar-refractivity contribution in [3.8, 4) is 0 Å². The number of H-pyrrole nitrogens is 1. The molecule has 0 saturated carbocycles. The first kappa shape index (κ1) is 15.4. The van der Waals surface area contributed by atoms with Gasteiger partial charge in [-0.25, -0.2) is 0 Å². The zero-order chi connectivity index (χ0) is 17.8. The van der Waals surface area contributed by atoms with Gasteiger partial charge in [0.05, 0.1) is 11.7 Å². The third kappa shape index (κ3) is 2.46. The van der Waals surface area contributed by atoms with E-state index >= 15 is 0 Å². The number of hydrogen-bond acceptors (Lipinski definition) is 5. The fourth-order valence-corrected chi connectivity index (χ4v) is 2.58. The summed E-state index contributed by atoms with van der Waals surface area (Å²) >= 11 is 0. The lowest BCUT2D eigenvalue weighted by Crippen LogP contribution is -2.14. The smallest absolute Gasteiger partial charge is 0.339 e. The van der Waals surface area contributed by atoms with Gasteiger partial charge in [0.15, 0.2) is 11.5 Å². The first-order valence-corrected chi connectivity index (χ1v) is 7.34. The molecule has 128 valence electrons. The van der Waals surface area contributed by atoms with Crippen LogP contribution >= 0.6 is 0 Å². The minimum Gasteiger partial charge on any atom is -0.339 e. The van der Waals surface area contributed by atoms with Gasteiger partial charge in [0.2, 0.25) is 0 Å². The highest BCUT2D eigenvalue weighted by molar-refractivity contribution is 5.83. The molecular weight excluding hydrogens is 335 g/mol. The summed E-state index contributed by atoms with van der Waals surface area (Å²) in [6.45, 7) is 3.45. The summed E-state index contributed by atoms with van der Waals surface area (Å²) in [7, 11) is 0. The first-order valence-electron chi connectivity index (χ1n) is 7.34. The summed E-state index contributed by atoms with van der Waals surface area (Å²) in [5, 5.41) is 21.6. The van der Waals surface area contributed by atoms with Crippen LogP contribution in [0, 0.1) is 13.8 Å². The lowest BCUT2D eigenvalue weighted by molar-refractivity contribution is -0.146. The van der Waals surface area contributed by atoms with Crippen molar-refractivity contribution in [2.24, 2.45) is 0 Å². The van der Waals surface area contributed by atoms with E-state index < -0.39 is 12.0 Å². The number of alkyl halides is 3. The third-order valence-electron chi connectivity index (χ3n) is 4.05. The molecule has 0 radical (unpaired) electrons. The summed E-state index contributed by atoms with van der Waals surface area (Å²) in [6.07, 6.45) is -2.97.